The molecule has 0 aliphatic carbocycles. The predicted molar refractivity (Wildman–Crippen MR) is 66.9 cm³/mol. The van der Waals surface area contributed by atoms with Crippen LogP contribution in [0.1, 0.15) is 18.4 Å². The highest BCUT2D eigenvalue weighted by atomic mass is 14.6. The van der Waals surface area contributed by atoms with Crippen LogP contribution < -0.4 is 5.73 Å². The molecule has 0 saturated carbocycles. The van der Waals surface area contributed by atoms with Crippen LogP contribution in [0.2, 0.25) is 0 Å². The summed E-state index contributed by atoms with van der Waals surface area (Å²) in [6.45, 7) is 0.697. The van der Waals surface area contributed by atoms with Gasteiger partial charge in [-0.1, -0.05) is 30.0 Å². The van der Waals surface area contributed by atoms with Crippen LogP contribution in [0.5, 0.6) is 0 Å². The molecule has 0 atom stereocenters. The Hall–Kier alpha value is -1.85. The first-order chi connectivity index (χ1) is 7.92. The molecule has 0 aliphatic rings. The van der Waals surface area contributed by atoms with E-state index in [9.17, 15) is 0 Å². The quantitative estimate of drug-likeness (QED) is 0.610. The van der Waals surface area contributed by atoms with Gasteiger partial charge in [-0.05, 0) is 25.1 Å². The van der Waals surface area contributed by atoms with E-state index in [1.807, 2.05) is 30.3 Å². The molecule has 0 aliphatic heterocycles. The van der Waals surface area contributed by atoms with Gasteiger partial charge in [0.2, 0.25) is 0 Å². The van der Waals surface area contributed by atoms with Crippen molar-refractivity contribution in [2.75, 3.05) is 6.54 Å². The SMILES string of the molecule is NCCCC#Cc1cccc2cccnc12. The van der Waals surface area contributed by atoms with Gasteiger partial charge in [-0.3, -0.25) is 4.98 Å². The minimum absolute atomic E-state index is 0.697. The average molecular weight is 210 g/mol. The smallest absolute Gasteiger partial charge is 0.0858 e. The Kier molecular flexibility index (Phi) is 3.53. The third-order valence-electron chi connectivity index (χ3n) is 2.36. The Morgan fingerprint density at radius 1 is 1.19 bits per heavy atom. The van der Waals surface area contributed by atoms with E-state index in [0.29, 0.717) is 6.54 Å². The molecule has 16 heavy (non-hydrogen) atoms. The molecule has 1 heterocycles. The Labute approximate surface area is 95.5 Å². The molecule has 1 aromatic heterocycles. The number of aromatic nitrogens is 1. The third kappa shape index (κ3) is 2.39. The van der Waals surface area contributed by atoms with E-state index >= 15 is 0 Å². The van der Waals surface area contributed by atoms with Gasteiger partial charge < -0.3 is 5.73 Å². The Bertz CT molecular complexity index is 530. The van der Waals surface area contributed by atoms with Gasteiger partial charge in [-0.2, -0.15) is 0 Å². The highest BCUT2D eigenvalue weighted by Crippen LogP contribution is 2.14. The van der Waals surface area contributed by atoms with Gasteiger partial charge in [-0.15, -0.1) is 0 Å². The fourth-order valence-electron chi connectivity index (χ4n) is 1.55. The molecule has 0 amide bonds. The third-order valence-corrected chi connectivity index (χ3v) is 2.36. The fraction of sp³-hybridized carbons (Fsp3) is 0.214. The van der Waals surface area contributed by atoms with Crippen LogP contribution in [0.3, 0.4) is 0 Å². The van der Waals surface area contributed by atoms with Crippen molar-refractivity contribution in [3.8, 4) is 11.8 Å². The second-order valence-electron chi connectivity index (χ2n) is 3.57. The van der Waals surface area contributed by atoms with Crippen LogP contribution in [-0.4, -0.2) is 11.5 Å². The van der Waals surface area contributed by atoms with E-state index in [1.165, 1.54) is 0 Å². The lowest BCUT2D eigenvalue weighted by Crippen LogP contribution is -1.96. The van der Waals surface area contributed by atoms with Gasteiger partial charge in [0.1, 0.15) is 0 Å². The molecular weight excluding hydrogens is 196 g/mol. The molecule has 2 aromatic rings. The highest BCUT2D eigenvalue weighted by Gasteiger charge is 1.97. The molecule has 0 saturated heterocycles. The largest absolute Gasteiger partial charge is 0.330 e. The van der Waals surface area contributed by atoms with E-state index in [2.05, 4.69) is 16.8 Å². The van der Waals surface area contributed by atoms with E-state index in [1.54, 1.807) is 6.20 Å². The van der Waals surface area contributed by atoms with Crippen LogP contribution >= 0.6 is 0 Å². The monoisotopic (exact) mass is 210 g/mol. The average Bonchev–Trinajstić information content (AvgIpc) is 2.35. The van der Waals surface area contributed by atoms with Gasteiger partial charge in [0.25, 0.3) is 0 Å². The summed E-state index contributed by atoms with van der Waals surface area (Å²) in [4.78, 5) is 4.35. The lowest BCUT2D eigenvalue weighted by Gasteiger charge is -1.98. The molecule has 80 valence electrons. The zero-order valence-corrected chi connectivity index (χ0v) is 9.11. The summed E-state index contributed by atoms with van der Waals surface area (Å²) in [5, 5.41) is 1.13. The summed E-state index contributed by atoms with van der Waals surface area (Å²) in [6.07, 6.45) is 3.60. The van der Waals surface area contributed by atoms with Gasteiger partial charge >= 0.3 is 0 Å². The van der Waals surface area contributed by atoms with Gasteiger partial charge in [0.05, 0.1) is 11.1 Å². The number of hydrogen-bond donors (Lipinski definition) is 1. The van der Waals surface area contributed by atoms with Crippen LogP contribution in [0.25, 0.3) is 10.9 Å². The number of nitrogens with zero attached hydrogens (tertiary/aromatic N) is 1. The Morgan fingerprint density at radius 2 is 2.06 bits per heavy atom. The number of pyridine rings is 1. The first-order valence-corrected chi connectivity index (χ1v) is 5.44. The van der Waals surface area contributed by atoms with Crippen molar-refractivity contribution >= 4 is 10.9 Å². The van der Waals surface area contributed by atoms with E-state index in [-0.39, 0.29) is 0 Å². The number of benzene rings is 1. The summed E-state index contributed by atoms with van der Waals surface area (Å²) in [5.41, 5.74) is 7.39. The van der Waals surface area contributed by atoms with Crippen molar-refractivity contribution in [3.05, 3.63) is 42.1 Å². The maximum Gasteiger partial charge on any atom is 0.0858 e. The summed E-state index contributed by atoms with van der Waals surface area (Å²) in [6, 6.07) is 10.1. The van der Waals surface area contributed by atoms with Crippen LogP contribution in [-0.2, 0) is 0 Å². The summed E-state index contributed by atoms with van der Waals surface area (Å²) in [5.74, 6) is 6.28. The summed E-state index contributed by atoms with van der Waals surface area (Å²) < 4.78 is 0. The lowest BCUT2D eigenvalue weighted by molar-refractivity contribution is 0.870. The number of rotatable bonds is 2. The number of fused-ring (bicyclic) bond motifs is 1. The van der Waals surface area contributed by atoms with E-state index in [4.69, 9.17) is 5.73 Å². The van der Waals surface area contributed by atoms with E-state index < -0.39 is 0 Å². The number of unbranched alkanes of at least 4 members (excludes halogenated alkanes) is 1. The molecule has 0 spiro atoms. The van der Waals surface area contributed by atoms with E-state index in [0.717, 1.165) is 29.3 Å². The zero-order valence-electron chi connectivity index (χ0n) is 9.11. The van der Waals surface area contributed by atoms with Gasteiger partial charge in [-0.25, -0.2) is 0 Å². The first-order valence-electron chi connectivity index (χ1n) is 5.44. The number of nitrogens with two attached hydrogens (primary N) is 1. The first kappa shape index (κ1) is 10.7. The van der Waals surface area contributed by atoms with Crippen LogP contribution in [0.4, 0.5) is 0 Å². The predicted octanol–water partition coefficient (Wildman–Crippen LogP) is 2.33. The summed E-state index contributed by atoms with van der Waals surface area (Å²) in [7, 11) is 0. The molecule has 0 unspecified atom stereocenters. The maximum absolute atomic E-state index is 5.42. The lowest BCUT2D eigenvalue weighted by atomic mass is 10.1. The second kappa shape index (κ2) is 5.29. The Morgan fingerprint density at radius 3 is 2.94 bits per heavy atom. The minimum Gasteiger partial charge on any atom is -0.330 e. The highest BCUT2D eigenvalue weighted by molar-refractivity contribution is 5.84. The molecule has 2 heteroatoms. The number of hydrogen-bond acceptors (Lipinski definition) is 2. The Balaban J connectivity index is 2.32. The molecule has 0 fully saturated rings. The molecular formula is C14H14N2. The van der Waals surface area contributed by atoms with Crippen molar-refractivity contribution in [2.24, 2.45) is 5.73 Å². The maximum atomic E-state index is 5.42. The molecule has 1 aromatic carbocycles. The standard InChI is InChI=1S/C14H14N2/c15-10-3-1-2-6-12-7-4-8-13-9-5-11-16-14(12)13/h4-5,7-9,11H,1,3,10,15H2. The van der Waals surface area contributed by atoms with Crippen molar-refractivity contribution in [1.29, 1.82) is 0 Å². The van der Waals surface area contributed by atoms with Crippen molar-refractivity contribution in [2.45, 2.75) is 12.8 Å². The molecule has 2 rings (SSSR count). The minimum atomic E-state index is 0.697. The van der Waals surface area contributed by atoms with Crippen LogP contribution in [0.15, 0.2) is 36.5 Å². The summed E-state index contributed by atoms with van der Waals surface area (Å²) >= 11 is 0. The van der Waals surface area contributed by atoms with Crippen molar-refractivity contribution in [3.63, 3.8) is 0 Å². The molecule has 2 N–H and O–H groups in total. The normalized spacial score (nSPS) is 9.81. The van der Waals surface area contributed by atoms with Crippen molar-refractivity contribution < 1.29 is 0 Å². The topological polar surface area (TPSA) is 38.9 Å². The van der Waals surface area contributed by atoms with Crippen LogP contribution in [0, 0.1) is 11.8 Å². The fourth-order valence-corrected chi connectivity index (χ4v) is 1.55. The van der Waals surface area contributed by atoms with Crippen molar-refractivity contribution in [1.82, 2.24) is 4.98 Å². The number of para-hydroxylation sites is 1. The molecule has 0 radical (unpaired) electrons. The zero-order chi connectivity index (χ0) is 11.2. The second-order valence-corrected chi connectivity index (χ2v) is 3.57. The van der Waals surface area contributed by atoms with Gasteiger partial charge in [0, 0.05) is 18.0 Å². The van der Waals surface area contributed by atoms with Gasteiger partial charge in [0.15, 0.2) is 0 Å². The molecule has 0 bridgehead atoms. The molecule has 2 nitrogen and oxygen atoms in total.